The van der Waals surface area contributed by atoms with Crippen molar-refractivity contribution in [2.75, 3.05) is 0 Å². The molecule has 2 aromatic heterocycles. The predicted molar refractivity (Wildman–Crippen MR) is 53.4 cm³/mol. The van der Waals surface area contributed by atoms with Crippen molar-refractivity contribution >= 4 is 5.97 Å². The molecule has 82 valence electrons. The van der Waals surface area contributed by atoms with Crippen molar-refractivity contribution in [3.05, 3.63) is 29.3 Å². The van der Waals surface area contributed by atoms with Crippen LogP contribution in [0.2, 0.25) is 0 Å². The second kappa shape index (κ2) is 3.69. The van der Waals surface area contributed by atoms with E-state index in [2.05, 4.69) is 20.2 Å². The zero-order valence-corrected chi connectivity index (χ0v) is 8.75. The zero-order valence-electron chi connectivity index (χ0n) is 8.75. The highest BCUT2D eigenvalue weighted by molar-refractivity contribution is 5.84. The highest BCUT2D eigenvalue weighted by Crippen LogP contribution is 2.03. The maximum absolute atomic E-state index is 10.6. The molecule has 2 aromatic rings. The SMILES string of the molecule is Cc1cc(C)nc(-n2ncc(C(=O)O)n2)n1. The summed E-state index contributed by atoms with van der Waals surface area (Å²) in [6.07, 6.45) is 1.16. The van der Waals surface area contributed by atoms with E-state index in [-0.39, 0.29) is 11.6 Å². The minimum Gasteiger partial charge on any atom is -0.476 e. The van der Waals surface area contributed by atoms with Crippen molar-refractivity contribution in [2.45, 2.75) is 13.8 Å². The number of hydrogen-bond acceptors (Lipinski definition) is 5. The smallest absolute Gasteiger partial charge is 0.358 e. The molecule has 1 N–H and O–H groups in total. The van der Waals surface area contributed by atoms with Crippen molar-refractivity contribution in [3.8, 4) is 5.95 Å². The molecule has 0 fully saturated rings. The molecule has 7 heteroatoms. The van der Waals surface area contributed by atoms with Crippen molar-refractivity contribution in [2.24, 2.45) is 0 Å². The molecule has 2 heterocycles. The van der Waals surface area contributed by atoms with Crippen LogP contribution in [0.5, 0.6) is 0 Å². The van der Waals surface area contributed by atoms with Gasteiger partial charge in [0.25, 0.3) is 5.95 Å². The normalized spacial score (nSPS) is 10.4. The third-order valence-electron chi connectivity index (χ3n) is 1.86. The highest BCUT2D eigenvalue weighted by atomic mass is 16.4. The van der Waals surface area contributed by atoms with Crippen LogP contribution in [0.4, 0.5) is 0 Å². The van der Waals surface area contributed by atoms with Gasteiger partial charge in [-0.1, -0.05) is 0 Å². The van der Waals surface area contributed by atoms with Crippen LogP contribution in [0.1, 0.15) is 21.9 Å². The fourth-order valence-electron chi connectivity index (χ4n) is 1.25. The van der Waals surface area contributed by atoms with Gasteiger partial charge in [-0.15, -0.1) is 9.90 Å². The minimum absolute atomic E-state index is 0.136. The van der Waals surface area contributed by atoms with Crippen molar-refractivity contribution in [1.82, 2.24) is 25.0 Å². The monoisotopic (exact) mass is 219 g/mol. The highest BCUT2D eigenvalue weighted by Gasteiger charge is 2.11. The summed E-state index contributed by atoms with van der Waals surface area (Å²) in [7, 11) is 0. The molecule has 16 heavy (non-hydrogen) atoms. The summed E-state index contributed by atoms with van der Waals surface area (Å²) in [6.45, 7) is 3.64. The molecule has 0 bridgehead atoms. The number of aromatic carboxylic acids is 1. The van der Waals surface area contributed by atoms with Crippen LogP contribution >= 0.6 is 0 Å². The lowest BCUT2D eigenvalue weighted by atomic mass is 10.4. The molecule has 0 atom stereocenters. The summed E-state index contributed by atoms with van der Waals surface area (Å²) in [5.74, 6) is -0.861. The van der Waals surface area contributed by atoms with Gasteiger partial charge in [-0.05, 0) is 19.9 Å². The van der Waals surface area contributed by atoms with E-state index >= 15 is 0 Å². The first-order valence-corrected chi connectivity index (χ1v) is 4.54. The molecule has 2 rings (SSSR count). The summed E-state index contributed by atoms with van der Waals surface area (Å²) in [6, 6.07) is 1.81. The molecule has 7 nitrogen and oxygen atoms in total. The lowest BCUT2D eigenvalue weighted by Gasteiger charge is -2.00. The molecule has 0 radical (unpaired) electrons. The lowest BCUT2D eigenvalue weighted by molar-refractivity contribution is 0.0690. The van der Waals surface area contributed by atoms with Crippen LogP contribution in [0.15, 0.2) is 12.3 Å². The Bertz CT molecular complexity index is 528. The molecule has 0 saturated heterocycles. The van der Waals surface area contributed by atoms with Gasteiger partial charge in [-0.2, -0.15) is 5.10 Å². The van der Waals surface area contributed by atoms with E-state index < -0.39 is 5.97 Å². The Balaban J connectivity index is 2.46. The summed E-state index contributed by atoms with van der Waals surface area (Å²) in [5.41, 5.74) is 1.41. The Morgan fingerprint density at radius 3 is 2.44 bits per heavy atom. The quantitative estimate of drug-likeness (QED) is 0.784. The van der Waals surface area contributed by atoms with Crippen LogP contribution < -0.4 is 0 Å². The van der Waals surface area contributed by atoms with Crippen molar-refractivity contribution < 1.29 is 9.90 Å². The number of carboxylic acids is 1. The number of carbonyl (C=O) groups is 1. The summed E-state index contributed by atoms with van der Waals surface area (Å²) in [4.78, 5) is 19.9. The Kier molecular flexibility index (Phi) is 2.35. The van der Waals surface area contributed by atoms with Gasteiger partial charge < -0.3 is 5.11 Å². The first-order chi connectivity index (χ1) is 7.56. The Morgan fingerprint density at radius 1 is 1.31 bits per heavy atom. The topological polar surface area (TPSA) is 93.8 Å². The molecule has 0 aliphatic heterocycles. The maximum atomic E-state index is 10.6. The van der Waals surface area contributed by atoms with Crippen LogP contribution in [-0.4, -0.2) is 36.0 Å². The van der Waals surface area contributed by atoms with Crippen molar-refractivity contribution in [3.63, 3.8) is 0 Å². The molecule has 0 unspecified atom stereocenters. The molecule has 0 aliphatic carbocycles. The second-order valence-corrected chi connectivity index (χ2v) is 3.28. The second-order valence-electron chi connectivity index (χ2n) is 3.28. The third kappa shape index (κ3) is 1.88. The van der Waals surface area contributed by atoms with E-state index in [0.29, 0.717) is 0 Å². The molecule has 0 aliphatic rings. The van der Waals surface area contributed by atoms with E-state index in [1.54, 1.807) is 0 Å². The molecular formula is C9H9N5O2. The molecule has 0 aromatic carbocycles. The van der Waals surface area contributed by atoms with Gasteiger partial charge in [0.2, 0.25) is 0 Å². The van der Waals surface area contributed by atoms with E-state index in [4.69, 9.17) is 5.11 Å². The number of aryl methyl sites for hydroxylation is 2. The Hall–Kier alpha value is -2.31. The number of hydrogen-bond donors (Lipinski definition) is 1. The average Bonchev–Trinajstić information content (AvgIpc) is 2.64. The molecule has 0 spiro atoms. The van der Waals surface area contributed by atoms with E-state index in [0.717, 1.165) is 22.4 Å². The summed E-state index contributed by atoms with van der Waals surface area (Å²) < 4.78 is 0. The van der Waals surface area contributed by atoms with Crippen LogP contribution in [0, 0.1) is 13.8 Å². The first kappa shape index (κ1) is 10.2. The van der Waals surface area contributed by atoms with Crippen LogP contribution in [0.3, 0.4) is 0 Å². The molecule has 0 amide bonds. The number of rotatable bonds is 2. The van der Waals surface area contributed by atoms with Gasteiger partial charge >= 0.3 is 5.97 Å². The van der Waals surface area contributed by atoms with Gasteiger partial charge in [-0.25, -0.2) is 14.8 Å². The van der Waals surface area contributed by atoms with E-state index in [9.17, 15) is 4.79 Å². The van der Waals surface area contributed by atoms with Gasteiger partial charge in [0.1, 0.15) is 0 Å². The summed E-state index contributed by atoms with van der Waals surface area (Å²) >= 11 is 0. The largest absolute Gasteiger partial charge is 0.476 e. The minimum atomic E-state index is -1.13. The lowest BCUT2D eigenvalue weighted by Crippen LogP contribution is -2.08. The number of carboxylic acid groups (broad SMARTS) is 1. The van der Waals surface area contributed by atoms with E-state index in [1.165, 1.54) is 0 Å². The summed E-state index contributed by atoms with van der Waals surface area (Å²) in [5, 5.41) is 16.2. The van der Waals surface area contributed by atoms with Gasteiger partial charge in [0.05, 0.1) is 6.20 Å². The Morgan fingerprint density at radius 2 is 1.94 bits per heavy atom. The first-order valence-electron chi connectivity index (χ1n) is 4.54. The molecule has 0 saturated carbocycles. The van der Waals surface area contributed by atoms with Crippen molar-refractivity contribution in [1.29, 1.82) is 0 Å². The zero-order chi connectivity index (χ0) is 11.7. The predicted octanol–water partition coefficient (Wildman–Crippen LogP) is 0.372. The standard InChI is InChI=1S/C9H9N5O2/c1-5-3-6(2)12-9(11-5)14-10-4-7(13-14)8(15)16/h3-4H,1-2H3,(H,15,16). The number of aromatic nitrogens is 5. The van der Waals surface area contributed by atoms with Gasteiger partial charge in [0, 0.05) is 11.4 Å². The van der Waals surface area contributed by atoms with Gasteiger partial charge in [0.15, 0.2) is 5.69 Å². The Labute approximate surface area is 90.8 Å². The maximum Gasteiger partial charge on any atom is 0.358 e. The molecular weight excluding hydrogens is 210 g/mol. The van der Waals surface area contributed by atoms with E-state index in [1.807, 2.05) is 19.9 Å². The fraction of sp³-hybridized carbons (Fsp3) is 0.222. The fourth-order valence-corrected chi connectivity index (χ4v) is 1.25. The third-order valence-corrected chi connectivity index (χ3v) is 1.86. The van der Waals surface area contributed by atoms with Crippen LogP contribution in [-0.2, 0) is 0 Å². The number of nitrogens with zero attached hydrogens (tertiary/aromatic N) is 5. The van der Waals surface area contributed by atoms with Crippen LogP contribution in [0.25, 0.3) is 5.95 Å². The van der Waals surface area contributed by atoms with Gasteiger partial charge in [-0.3, -0.25) is 0 Å². The average molecular weight is 219 g/mol.